The molecule has 1 fully saturated rings. The Bertz CT molecular complexity index is 275. The van der Waals surface area contributed by atoms with Crippen LogP contribution >= 0.6 is 27.3 Å². The fourth-order valence-electron chi connectivity index (χ4n) is 1.76. The van der Waals surface area contributed by atoms with Gasteiger partial charge in [-0.3, -0.25) is 0 Å². The zero-order chi connectivity index (χ0) is 9.26. The average Bonchev–Trinajstić information content (AvgIpc) is 2.44. The number of rotatable bonds is 3. The van der Waals surface area contributed by atoms with Crippen LogP contribution in [0.15, 0.2) is 12.1 Å². The molecule has 2 heteroatoms. The molecule has 72 valence electrons. The molecule has 0 nitrogen and oxygen atoms in total. The molecular weight excluding hydrogens is 244 g/mol. The molecule has 1 saturated carbocycles. The zero-order valence-electron chi connectivity index (χ0n) is 7.92. The maximum absolute atomic E-state index is 3.79. The Labute approximate surface area is 92.5 Å². The van der Waals surface area contributed by atoms with Gasteiger partial charge in [-0.05, 0) is 31.4 Å². The second kappa shape index (κ2) is 4.14. The maximum Gasteiger partial charge on any atom is 0.0491 e. The second-order valence-electron chi connectivity index (χ2n) is 3.95. The smallest absolute Gasteiger partial charge is 0.0491 e. The van der Waals surface area contributed by atoms with Gasteiger partial charge in [-0.25, -0.2) is 0 Å². The van der Waals surface area contributed by atoms with Crippen molar-refractivity contribution in [2.45, 2.75) is 37.4 Å². The van der Waals surface area contributed by atoms with Crippen LogP contribution in [0.2, 0.25) is 0 Å². The molecule has 1 heterocycles. The van der Waals surface area contributed by atoms with Crippen molar-refractivity contribution in [1.82, 2.24) is 0 Å². The lowest BCUT2D eigenvalue weighted by Gasteiger charge is -2.27. The van der Waals surface area contributed by atoms with Gasteiger partial charge in [-0.1, -0.05) is 35.2 Å². The molecule has 0 saturated heterocycles. The van der Waals surface area contributed by atoms with Gasteiger partial charge in [0.1, 0.15) is 0 Å². The van der Waals surface area contributed by atoms with Gasteiger partial charge in [0.05, 0.1) is 0 Å². The van der Waals surface area contributed by atoms with Gasteiger partial charge in [0, 0.05) is 14.6 Å². The predicted octanol–water partition coefficient (Wildman–Crippen LogP) is 4.68. The summed E-state index contributed by atoms with van der Waals surface area (Å²) in [6.07, 6.45) is 5.69. The fraction of sp³-hybridized carbons (Fsp3) is 0.636. The Morgan fingerprint density at radius 1 is 1.54 bits per heavy atom. The Kier molecular flexibility index (Phi) is 3.10. The molecule has 1 aliphatic rings. The molecule has 2 rings (SSSR count). The molecule has 0 radical (unpaired) electrons. The Hall–Kier alpha value is 0.180. The number of aryl methyl sites for hydroxylation is 1. The SMILES string of the molecule is Cc1ccc(C(Br)CC2CCC2)s1. The van der Waals surface area contributed by atoms with E-state index < -0.39 is 0 Å². The summed E-state index contributed by atoms with van der Waals surface area (Å²) in [5.74, 6) is 0.992. The fourth-order valence-corrected chi connectivity index (χ4v) is 3.59. The number of thiophene rings is 1. The van der Waals surface area contributed by atoms with Gasteiger partial charge in [-0.15, -0.1) is 11.3 Å². The summed E-state index contributed by atoms with van der Waals surface area (Å²) in [5.41, 5.74) is 0. The lowest BCUT2D eigenvalue weighted by Crippen LogP contribution is -2.12. The van der Waals surface area contributed by atoms with Crippen LogP contribution in [0.3, 0.4) is 0 Å². The second-order valence-corrected chi connectivity index (χ2v) is 6.37. The van der Waals surface area contributed by atoms with E-state index in [1.165, 1.54) is 35.4 Å². The molecule has 0 amide bonds. The summed E-state index contributed by atoms with van der Waals surface area (Å²) in [7, 11) is 0. The van der Waals surface area contributed by atoms with E-state index in [1.807, 2.05) is 11.3 Å². The molecule has 0 aliphatic heterocycles. The summed E-state index contributed by atoms with van der Waals surface area (Å²) < 4.78 is 0. The van der Waals surface area contributed by atoms with Crippen molar-refractivity contribution >= 4 is 27.3 Å². The van der Waals surface area contributed by atoms with Crippen LogP contribution in [-0.4, -0.2) is 0 Å². The maximum atomic E-state index is 3.79. The first-order valence-electron chi connectivity index (χ1n) is 4.96. The van der Waals surface area contributed by atoms with E-state index in [0.29, 0.717) is 4.83 Å². The largest absolute Gasteiger partial charge is 0.145 e. The zero-order valence-corrected chi connectivity index (χ0v) is 10.3. The van der Waals surface area contributed by atoms with Crippen molar-refractivity contribution in [3.05, 3.63) is 21.9 Å². The van der Waals surface area contributed by atoms with Crippen LogP contribution in [0.4, 0.5) is 0 Å². The van der Waals surface area contributed by atoms with Crippen LogP contribution in [0.1, 0.15) is 40.3 Å². The third-order valence-electron chi connectivity index (χ3n) is 2.83. The van der Waals surface area contributed by atoms with Gasteiger partial charge in [0.2, 0.25) is 0 Å². The first kappa shape index (κ1) is 9.72. The molecule has 0 N–H and O–H groups in total. The molecule has 1 unspecified atom stereocenters. The van der Waals surface area contributed by atoms with Crippen LogP contribution in [0.25, 0.3) is 0 Å². The highest BCUT2D eigenvalue weighted by atomic mass is 79.9. The highest BCUT2D eigenvalue weighted by Gasteiger charge is 2.22. The molecule has 1 aromatic rings. The van der Waals surface area contributed by atoms with Crippen LogP contribution in [-0.2, 0) is 0 Å². The third-order valence-corrected chi connectivity index (χ3v) is 5.12. The van der Waals surface area contributed by atoms with E-state index in [-0.39, 0.29) is 0 Å². The minimum Gasteiger partial charge on any atom is -0.145 e. The topological polar surface area (TPSA) is 0 Å². The molecule has 0 spiro atoms. The standard InChI is InChI=1S/C11H15BrS/c1-8-5-6-11(13-8)10(12)7-9-3-2-4-9/h5-6,9-10H,2-4,7H2,1H3. The third kappa shape index (κ3) is 2.35. The van der Waals surface area contributed by atoms with Gasteiger partial charge in [-0.2, -0.15) is 0 Å². The minimum atomic E-state index is 0.608. The van der Waals surface area contributed by atoms with Crippen molar-refractivity contribution < 1.29 is 0 Å². The number of halogens is 1. The van der Waals surface area contributed by atoms with E-state index >= 15 is 0 Å². The van der Waals surface area contributed by atoms with Crippen molar-refractivity contribution in [3.63, 3.8) is 0 Å². The number of hydrogen-bond acceptors (Lipinski definition) is 1. The van der Waals surface area contributed by atoms with Gasteiger partial charge in [0.15, 0.2) is 0 Å². The molecule has 1 aliphatic carbocycles. The molecule has 1 aromatic heterocycles. The van der Waals surface area contributed by atoms with E-state index in [2.05, 4.69) is 35.0 Å². The lowest BCUT2D eigenvalue weighted by atomic mass is 9.82. The summed E-state index contributed by atoms with van der Waals surface area (Å²) in [4.78, 5) is 3.54. The highest BCUT2D eigenvalue weighted by Crippen LogP contribution is 2.40. The Balaban J connectivity index is 1.92. The van der Waals surface area contributed by atoms with Crippen molar-refractivity contribution in [3.8, 4) is 0 Å². The van der Waals surface area contributed by atoms with E-state index in [0.717, 1.165) is 5.92 Å². The van der Waals surface area contributed by atoms with E-state index in [1.54, 1.807) is 0 Å². The molecule has 13 heavy (non-hydrogen) atoms. The minimum absolute atomic E-state index is 0.608. The van der Waals surface area contributed by atoms with Gasteiger partial charge in [0.25, 0.3) is 0 Å². The Morgan fingerprint density at radius 2 is 2.31 bits per heavy atom. The van der Waals surface area contributed by atoms with Gasteiger partial charge < -0.3 is 0 Å². The van der Waals surface area contributed by atoms with Crippen molar-refractivity contribution in [2.75, 3.05) is 0 Å². The molecule has 0 aromatic carbocycles. The average molecular weight is 259 g/mol. The summed E-state index contributed by atoms with van der Waals surface area (Å²) >= 11 is 5.71. The van der Waals surface area contributed by atoms with Crippen LogP contribution < -0.4 is 0 Å². The van der Waals surface area contributed by atoms with E-state index in [4.69, 9.17) is 0 Å². The quantitative estimate of drug-likeness (QED) is 0.691. The molecule has 1 atom stereocenters. The number of alkyl halides is 1. The summed E-state index contributed by atoms with van der Waals surface area (Å²) in [6, 6.07) is 4.48. The van der Waals surface area contributed by atoms with Crippen molar-refractivity contribution in [1.29, 1.82) is 0 Å². The highest BCUT2D eigenvalue weighted by molar-refractivity contribution is 9.09. The Morgan fingerprint density at radius 3 is 2.77 bits per heavy atom. The first-order chi connectivity index (χ1) is 6.25. The van der Waals surface area contributed by atoms with Crippen LogP contribution in [0.5, 0.6) is 0 Å². The summed E-state index contributed by atoms with van der Waals surface area (Å²) in [6.45, 7) is 2.18. The normalized spacial score (nSPS) is 19.8. The predicted molar refractivity (Wildman–Crippen MR) is 62.7 cm³/mol. The van der Waals surface area contributed by atoms with E-state index in [9.17, 15) is 0 Å². The lowest BCUT2D eigenvalue weighted by molar-refractivity contribution is 0.296. The summed E-state index contributed by atoms with van der Waals surface area (Å²) in [5, 5.41) is 0. The molecular formula is C11H15BrS. The van der Waals surface area contributed by atoms with Gasteiger partial charge >= 0.3 is 0 Å². The number of hydrogen-bond donors (Lipinski definition) is 0. The van der Waals surface area contributed by atoms with Crippen molar-refractivity contribution in [2.24, 2.45) is 5.92 Å². The molecule has 0 bridgehead atoms. The van der Waals surface area contributed by atoms with Crippen LogP contribution in [0, 0.1) is 12.8 Å². The first-order valence-corrected chi connectivity index (χ1v) is 6.69. The monoisotopic (exact) mass is 258 g/mol.